The summed E-state index contributed by atoms with van der Waals surface area (Å²) >= 11 is 7.43. The molecule has 0 bridgehead atoms. The minimum atomic E-state index is -0.749. The molecule has 1 amide bonds. The number of aryl methyl sites for hydroxylation is 2. The third kappa shape index (κ3) is 5.21. The first-order valence-electron chi connectivity index (χ1n) is 7.79. The molecule has 0 fully saturated rings. The molecule has 1 N–H and O–H groups in total. The molecule has 27 heavy (non-hydrogen) atoms. The average molecular weight is 409 g/mol. The Morgan fingerprint density at radius 1 is 1.22 bits per heavy atom. The van der Waals surface area contributed by atoms with E-state index in [0.29, 0.717) is 0 Å². The standard InChI is InChI=1S/C18H17ClN2O5S/c1-10-6-15(16(21(24)25)7-11(10)2)20-17(22)9-26-18(23)13-8-12(27-3)4-5-14(13)19/h4-8H,9H2,1-3H3,(H,20,22). The van der Waals surface area contributed by atoms with Gasteiger partial charge in [-0.1, -0.05) is 11.6 Å². The van der Waals surface area contributed by atoms with E-state index in [4.69, 9.17) is 16.3 Å². The Labute approximate surface area is 165 Å². The number of nitro groups is 1. The Bertz CT molecular complexity index is 917. The molecular weight excluding hydrogens is 392 g/mol. The summed E-state index contributed by atoms with van der Waals surface area (Å²) in [4.78, 5) is 35.6. The van der Waals surface area contributed by atoms with Crippen LogP contribution in [0.2, 0.25) is 5.02 Å². The quantitative estimate of drug-likeness (QED) is 0.329. The van der Waals surface area contributed by atoms with Gasteiger partial charge in [-0.05, 0) is 55.5 Å². The normalized spacial score (nSPS) is 10.4. The molecule has 2 rings (SSSR count). The van der Waals surface area contributed by atoms with Crippen LogP contribution < -0.4 is 5.32 Å². The molecule has 7 nitrogen and oxygen atoms in total. The van der Waals surface area contributed by atoms with Crippen molar-refractivity contribution in [2.75, 3.05) is 18.2 Å². The number of nitro benzene ring substituents is 1. The summed E-state index contributed by atoms with van der Waals surface area (Å²) in [5.74, 6) is -1.44. The number of benzene rings is 2. The fourth-order valence-electron chi connectivity index (χ4n) is 2.24. The Kier molecular flexibility index (Phi) is 6.81. The highest BCUT2D eigenvalue weighted by Gasteiger charge is 2.19. The van der Waals surface area contributed by atoms with E-state index < -0.39 is 23.4 Å². The maximum atomic E-state index is 12.2. The number of nitrogens with zero attached hydrogens (tertiary/aromatic N) is 1. The van der Waals surface area contributed by atoms with Gasteiger partial charge in [0.2, 0.25) is 0 Å². The van der Waals surface area contributed by atoms with Crippen molar-refractivity contribution < 1.29 is 19.2 Å². The van der Waals surface area contributed by atoms with E-state index in [1.54, 1.807) is 32.0 Å². The molecule has 0 spiro atoms. The number of nitrogens with one attached hydrogen (secondary N) is 1. The van der Waals surface area contributed by atoms with Crippen LogP contribution in [0.5, 0.6) is 0 Å². The molecule has 9 heteroatoms. The lowest BCUT2D eigenvalue weighted by Gasteiger charge is -2.10. The van der Waals surface area contributed by atoms with E-state index in [1.165, 1.54) is 23.9 Å². The van der Waals surface area contributed by atoms with Gasteiger partial charge in [0.15, 0.2) is 6.61 Å². The van der Waals surface area contributed by atoms with Crippen molar-refractivity contribution in [3.63, 3.8) is 0 Å². The van der Waals surface area contributed by atoms with Gasteiger partial charge < -0.3 is 10.1 Å². The lowest BCUT2D eigenvalue weighted by Crippen LogP contribution is -2.21. The van der Waals surface area contributed by atoms with Crippen molar-refractivity contribution in [2.45, 2.75) is 18.7 Å². The number of hydrogen-bond donors (Lipinski definition) is 1. The smallest absolute Gasteiger partial charge is 0.340 e. The maximum absolute atomic E-state index is 12.2. The van der Waals surface area contributed by atoms with E-state index in [9.17, 15) is 19.7 Å². The molecule has 0 aliphatic heterocycles. The molecule has 0 unspecified atom stereocenters. The Morgan fingerprint density at radius 2 is 1.89 bits per heavy atom. The van der Waals surface area contributed by atoms with Crippen LogP contribution >= 0.6 is 23.4 Å². The van der Waals surface area contributed by atoms with Crippen LogP contribution in [0.1, 0.15) is 21.5 Å². The summed E-state index contributed by atoms with van der Waals surface area (Å²) in [6.07, 6.45) is 1.85. The number of esters is 1. The number of carbonyl (C=O) groups excluding carboxylic acids is 2. The first-order valence-corrected chi connectivity index (χ1v) is 9.39. The third-order valence-corrected chi connectivity index (χ3v) is 4.87. The van der Waals surface area contributed by atoms with Crippen molar-refractivity contribution in [2.24, 2.45) is 0 Å². The van der Waals surface area contributed by atoms with Gasteiger partial charge in [-0.15, -0.1) is 11.8 Å². The molecule has 0 atom stereocenters. The van der Waals surface area contributed by atoms with Crippen molar-refractivity contribution in [3.8, 4) is 0 Å². The topological polar surface area (TPSA) is 98.5 Å². The van der Waals surface area contributed by atoms with Gasteiger partial charge in [0.25, 0.3) is 11.6 Å². The molecule has 2 aromatic carbocycles. The predicted octanol–water partition coefficient (Wildman–Crippen LogP) is 4.38. The minimum absolute atomic E-state index is 0.0477. The number of halogens is 1. The SMILES string of the molecule is CSc1ccc(Cl)c(C(=O)OCC(=O)Nc2cc(C)c(C)cc2[N+](=O)[O-])c1. The van der Waals surface area contributed by atoms with Gasteiger partial charge in [-0.2, -0.15) is 0 Å². The van der Waals surface area contributed by atoms with Crippen molar-refractivity contribution in [1.82, 2.24) is 0 Å². The molecule has 0 aromatic heterocycles. The van der Waals surface area contributed by atoms with Crippen molar-refractivity contribution in [1.29, 1.82) is 0 Å². The van der Waals surface area contributed by atoms with E-state index in [1.807, 2.05) is 6.26 Å². The third-order valence-electron chi connectivity index (χ3n) is 3.81. The van der Waals surface area contributed by atoms with Crippen LogP contribution in [0.25, 0.3) is 0 Å². The van der Waals surface area contributed by atoms with Crippen LogP contribution in [0, 0.1) is 24.0 Å². The number of carbonyl (C=O) groups is 2. The van der Waals surface area contributed by atoms with Crippen LogP contribution in [0.4, 0.5) is 11.4 Å². The lowest BCUT2D eigenvalue weighted by molar-refractivity contribution is -0.384. The predicted molar refractivity (Wildman–Crippen MR) is 105 cm³/mol. The van der Waals surface area contributed by atoms with Crippen LogP contribution in [0.3, 0.4) is 0 Å². The minimum Gasteiger partial charge on any atom is -0.452 e. The molecule has 0 heterocycles. The van der Waals surface area contributed by atoms with E-state index in [0.717, 1.165) is 16.0 Å². The summed E-state index contributed by atoms with van der Waals surface area (Å²) in [5, 5.41) is 13.8. The summed E-state index contributed by atoms with van der Waals surface area (Å²) in [7, 11) is 0. The zero-order chi connectivity index (χ0) is 20.1. The number of thioether (sulfide) groups is 1. The molecule has 0 saturated carbocycles. The summed E-state index contributed by atoms with van der Waals surface area (Å²) in [5.41, 5.74) is 1.48. The summed E-state index contributed by atoms with van der Waals surface area (Å²) in [6.45, 7) is 2.92. The summed E-state index contributed by atoms with van der Waals surface area (Å²) < 4.78 is 4.98. The van der Waals surface area contributed by atoms with Crippen molar-refractivity contribution in [3.05, 3.63) is 62.2 Å². The van der Waals surface area contributed by atoms with Crippen molar-refractivity contribution >= 4 is 46.6 Å². The second-order valence-electron chi connectivity index (χ2n) is 5.68. The zero-order valence-electron chi connectivity index (χ0n) is 14.9. The van der Waals surface area contributed by atoms with E-state index in [-0.39, 0.29) is 22.0 Å². The number of ether oxygens (including phenoxy) is 1. The van der Waals surface area contributed by atoms with E-state index in [2.05, 4.69) is 5.32 Å². The molecule has 0 radical (unpaired) electrons. The highest BCUT2D eigenvalue weighted by atomic mass is 35.5. The molecule has 2 aromatic rings. The fraction of sp³-hybridized carbons (Fsp3) is 0.222. The first kappa shape index (κ1) is 20.7. The second kappa shape index (κ2) is 8.88. The molecule has 0 saturated heterocycles. The molecule has 142 valence electrons. The fourth-order valence-corrected chi connectivity index (χ4v) is 2.87. The average Bonchev–Trinajstić information content (AvgIpc) is 2.62. The summed E-state index contributed by atoms with van der Waals surface area (Å²) in [6, 6.07) is 7.79. The number of amides is 1. The zero-order valence-corrected chi connectivity index (χ0v) is 16.4. The van der Waals surface area contributed by atoms with Crippen LogP contribution in [-0.4, -0.2) is 29.7 Å². The maximum Gasteiger partial charge on any atom is 0.340 e. The largest absolute Gasteiger partial charge is 0.452 e. The Balaban J connectivity index is 2.08. The van der Waals surface area contributed by atoms with Crippen LogP contribution in [-0.2, 0) is 9.53 Å². The van der Waals surface area contributed by atoms with Gasteiger partial charge in [0.1, 0.15) is 5.69 Å². The molecule has 0 aliphatic rings. The molecular formula is C18H17ClN2O5S. The van der Waals surface area contributed by atoms with Gasteiger partial charge in [-0.3, -0.25) is 14.9 Å². The highest BCUT2D eigenvalue weighted by Crippen LogP contribution is 2.28. The molecule has 0 aliphatic carbocycles. The van der Waals surface area contributed by atoms with E-state index >= 15 is 0 Å². The highest BCUT2D eigenvalue weighted by molar-refractivity contribution is 7.98. The lowest BCUT2D eigenvalue weighted by atomic mass is 10.1. The van der Waals surface area contributed by atoms with Gasteiger partial charge in [0.05, 0.1) is 15.5 Å². The Hall–Kier alpha value is -2.58. The monoisotopic (exact) mass is 408 g/mol. The number of anilines is 1. The second-order valence-corrected chi connectivity index (χ2v) is 6.97. The van der Waals surface area contributed by atoms with Crippen LogP contribution in [0.15, 0.2) is 35.2 Å². The first-order chi connectivity index (χ1) is 12.7. The number of hydrogen-bond acceptors (Lipinski definition) is 6. The Morgan fingerprint density at radius 3 is 2.52 bits per heavy atom. The van der Waals surface area contributed by atoms with Gasteiger partial charge in [0, 0.05) is 11.0 Å². The number of rotatable bonds is 6. The van der Waals surface area contributed by atoms with Gasteiger partial charge >= 0.3 is 5.97 Å². The van der Waals surface area contributed by atoms with Gasteiger partial charge in [-0.25, -0.2) is 4.79 Å².